The molecular weight excluding hydrogens is 260 g/mol. The Kier molecular flexibility index (Phi) is 5.18. The minimum Gasteiger partial charge on any atom is -0.322 e. The average Bonchev–Trinajstić information content (AvgIpc) is 2.43. The molecule has 0 radical (unpaired) electrons. The summed E-state index contributed by atoms with van der Waals surface area (Å²) in [6.45, 7) is 10.6. The number of nitrogens with one attached hydrogen (secondary N) is 2. The van der Waals surface area contributed by atoms with E-state index in [4.69, 9.17) is 0 Å². The molecule has 0 spiro atoms. The molecule has 0 aliphatic carbocycles. The lowest BCUT2D eigenvalue weighted by Gasteiger charge is -2.25. The molecule has 2 aromatic rings. The van der Waals surface area contributed by atoms with Crippen molar-refractivity contribution in [3.63, 3.8) is 0 Å². The molecule has 21 heavy (non-hydrogen) atoms. The van der Waals surface area contributed by atoms with Crippen LogP contribution < -0.4 is 10.9 Å². The predicted molar refractivity (Wildman–Crippen MR) is 89.4 cm³/mol. The average molecular weight is 286 g/mol. The van der Waals surface area contributed by atoms with Gasteiger partial charge in [0, 0.05) is 17.6 Å². The lowest BCUT2D eigenvalue weighted by Crippen LogP contribution is -2.31. The number of para-hydroxylation sites is 1. The molecule has 0 saturated heterocycles. The summed E-state index contributed by atoms with van der Waals surface area (Å²) in [6, 6.07) is 9.87. The Labute approximate surface area is 126 Å². The Morgan fingerprint density at radius 2 is 1.76 bits per heavy atom. The van der Waals surface area contributed by atoms with Crippen molar-refractivity contribution in [1.29, 1.82) is 0 Å². The van der Waals surface area contributed by atoms with Gasteiger partial charge in [-0.15, -0.1) is 0 Å². The molecule has 1 heterocycles. The normalized spacial score (nSPS) is 12.0. The van der Waals surface area contributed by atoms with Crippen molar-refractivity contribution >= 4 is 10.9 Å². The van der Waals surface area contributed by atoms with Gasteiger partial charge in [0.15, 0.2) is 0 Å². The molecular formula is C18H26N2O. The first-order chi connectivity index (χ1) is 9.99. The molecule has 0 aliphatic heterocycles. The number of benzene rings is 1. The van der Waals surface area contributed by atoms with Crippen molar-refractivity contribution < 1.29 is 0 Å². The zero-order valence-electron chi connectivity index (χ0n) is 13.4. The number of fused-ring (bicyclic) bond motifs is 1. The molecule has 3 heteroatoms. The Bertz CT molecular complexity index is 635. The minimum atomic E-state index is 0.00634. The van der Waals surface area contributed by atoms with Crippen LogP contribution in [-0.2, 0) is 6.54 Å². The van der Waals surface area contributed by atoms with E-state index in [-0.39, 0.29) is 5.56 Å². The van der Waals surface area contributed by atoms with Crippen molar-refractivity contribution in [2.75, 3.05) is 6.54 Å². The topological polar surface area (TPSA) is 44.9 Å². The Morgan fingerprint density at radius 3 is 2.43 bits per heavy atom. The number of hydrogen-bond acceptors (Lipinski definition) is 2. The summed E-state index contributed by atoms with van der Waals surface area (Å²) in [4.78, 5) is 15.0. The van der Waals surface area contributed by atoms with E-state index in [0.717, 1.165) is 23.0 Å². The number of pyridine rings is 1. The van der Waals surface area contributed by atoms with E-state index >= 15 is 0 Å². The Balaban J connectivity index is 2.06. The maximum absolute atomic E-state index is 12.1. The zero-order valence-corrected chi connectivity index (χ0v) is 13.4. The second-order valence-electron chi connectivity index (χ2n) is 6.49. The van der Waals surface area contributed by atoms with E-state index < -0.39 is 0 Å². The second kappa shape index (κ2) is 6.90. The molecule has 114 valence electrons. The standard InChI is InChI=1S/C18H26N2O/c1-12(2)16(13(3)4)11-19-10-15-9-14-7-5-6-8-17(14)20-18(15)21/h5-9,12-13,16,19H,10-11H2,1-4H3,(H,20,21). The first-order valence-corrected chi connectivity index (χ1v) is 7.80. The fourth-order valence-electron chi connectivity index (χ4n) is 2.94. The molecule has 3 nitrogen and oxygen atoms in total. The molecule has 1 aromatic carbocycles. The third-order valence-electron chi connectivity index (χ3n) is 4.24. The highest BCUT2D eigenvalue weighted by atomic mass is 16.1. The van der Waals surface area contributed by atoms with Crippen LogP contribution in [0.1, 0.15) is 33.3 Å². The van der Waals surface area contributed by atoms with Crippen LogP contribution in [0.15, 0.2) is 35.1 Å². The van der Waals surface area contributed by atoms with Crippen LogP contribution in [0.4, 0.5) is 0 Å². The maximum atomic E-state index is 12.1. The van der Waals surface area contributed by atoms with Gasteiger partial charge < -0.3 is 10.3 Å². The summed E-state index contributed by atoms with van der Waals surface area (Å²) in [6.07, 6.45) is 0. The fraction of sp³-hybridized carbons (Fsp3) is 0.500. The van der Waals surface area contributed by atoms with Gasteiger partial charge in [0.1, 0.15) is 0 Å². The molecule has 2 N–H and O–H groups in total. The van der Waals surface area contributed by atoms with Crippen molar-refractivity contribution in [2.45, 2.75) is 34.2 Å². The lowest BCUT2D eigenvalue weighted by atomic mass is 9.85. The van der Waals surface area contributed by atoms with Crippen LogP contribution >= 0.6 is 0 Å². The lowest BCUT2D eigenvalue weighted by molar-refractivity contribution is 0.275. The summed E-state index contributed by atoms with van der Waals surface area (Å²) in [5.41, 5.74) is 1.71. The fourth-order valence-corrected chi connectivity index (χ4v) is 2.94. The summed E-state index contributed by atoms with van der Waals surface area (Å²) in [5, 5.41) is 4.53. The molecule has 1 aromatic heterocycles. The van der Waals surface area contributed by atoms with Gasteiger partial charge in [-0.05, 0) is 41.8 Å². The van der Waals surface area contributed by atoms with Crippen molar-refractivity contribution in [1.82, 2.24) is 10.3 Å². The summed E-state index contributed by atoms with van der Waals surface area (Å²) < 4.78 is 0. The van der Waals surface area contributed by atoms with Crippen molar-refractivity contribution in [3.05, 3.63) is 46.2 Å². The highest BCUT2D eigenvalue weighted by Gasteiger charge is 2.16. The second-order valence-corrected chi connectivity index (χ2v) is 6.49. The van der Waals surface area contributed by atoms with Gasteiger partial charge in [-0.3, -0.25) is 4.79 Å². The monoisotopic (exact) mass is 286 g/mol. The van der Waals surface area contributed by atoms with Gasteiger partial charge in [0.05, 0.1) is 0 Å². The quantitative estimate of drug-likeness (QED) is 0.853. The SMILES string of the molecule is CC(C)C(CNCc1cc2ccccc2[nH]c1=O)C(C)C. The predicted octanol–water partition coefficient (Wildman–Crippen LogP) is 3.55. The van der Waals surface area contributed by atoms with Crippen molar-refractivity contribution in [3.8, 4) is 0 Å². The molecule has 2 rings (SSSR count). The number of rotatable bonds is 6. The highest BCUT2D eigenvalue weighted by molar-refractivity contribution is 5.78. The molecule has 0 atom stereocenters. The van der Waals surface area contributed by atoms with Crippen LogP contribution in [0.2, 0.25) is 0 Å². The molecule has 0 bridgehead atoms. The molecule has 0 aliphatic rings. The minimum absolute atomic E-state index is 0.00634. The number of aromatic nitrogens is 1. The number of H-pyrrole nitrogens is 1. The van der Waals surface area contributed by atoms with Crippen LogP contribution in [0.3, 0.4) is 0 Å². The smallest absolute Gasteiger partial charge is 0.252 e. The van der Waals surface area contributed by atoms with Crippen LogP contribution in [0.25, 0.3) is 10.9 Å². The van der Waals surface area contributed by atoms with Crippen LogP contribution in [0.5, 0.6) is 0 Å². The molecule has 0 fully saturated rings. The summed E-state index contributed by atoms with van der Waals surface area (Å²) in [5.74, 6) is 1.92. The largest absolute Gasteiger partial charge is 0.322 e. The summed E-state index contributed by atoms with van der Waals surface area (Å²) in [7, 11) is 0. The van der Waals surface area contributed by atoms with Gasteiger partial charge in [-0.1, -0.05) is 45.9 Å². The first kappa shape index (κ1) is 15.8. The van der Waals surface area contributed by atoms with E-state index in [1.807, 2.05) is 30.3 Å². The third kappa shape index (κ3) is 3.94. The zero-order chi connectivity index (χ0) is 15.4. The van der Waals surface area contributed by atoms with E-state index in [9.17, 15) is 4.79 Å². The van der Waals surface area contributed by atoms with E-state index in [1.54, 1.807) is 0 Å². The Hall–Kier alpha value is -1.61. The Morgan fingerprint density at radius 1 is 1.10 bits per heavy atom. The third-order valence-corrected chi connectivity index (χ3v) is 4.24. The van der Waals surface area contributed by atoms with Gasteiger partial charge >= 0.3 is 0 Å². The van der Waals surface area contributed by atoms with E-state index in [0.29, 0.717) is 24.3 Å². The van der Waals surface area contributed by atoms with Gasteiger partial charge in [-0.2, -0.15) is 0 Å². The number of aromatic amines is 1. The molecule has 0 saturated carbocycles. The first-order valence-electron chi connectivity index (χ1n) is 7.80. The van der Waals surface area contributed by atoms with Gasteiger partial charge in [0.25, 0.3) is 5.56 Å². The van der Waals surface area contributed by atoms with E-state index in [1.165, 1.54) is 0 Å². The van der Waals surface area contributed by atoms with E-state index in [2.05, 4.69) is 38.0 Å². The number of hydrogen-bond donors (Lipinski definition) is 2. The van der Waals surface area contributed by atoms with Crippen LogP contribution in [-0.4, -0.2) is 11.5 Å². The highest BCUT2D eigenvalue weighted by Crippen LogP contribution is 2.19. The molecule has 0 unspecified atom stereocenters. The maximum Gasteiger partial charge on any atom is 0.252 e. The van der Waals surface area contributed by atoms with Crippen LogP contribution in [0, 0.1) is 17.8 Å². The van der Waals surface area contributed by atoms with Gasteiger partial charge in [-0.25, -0.2) is 0 Å². The summed E-state index contributed by atoms with van der Waals surface area (Å²) >= 11 is 0. The van der Waals surface area contributed by atoms with Gasteiger partial charge in [0.2, 0.25) is 0 Å². The van der Waals surface area contributed by atoms with Crippen molar-refractivity contribution in [2.24, 2.45) is 17.8 Å². The molecule has 0 amide bonds.